The predicted molar refractivity (Wildman–Crippen MR) is 84.6 cm³/mol. The number of likely N-dealkylation sites (N-methyl/N-ethyl adjacent to an activating group) is 1. The monoisotopic (exact) mass is 305 g/mol. The molecule has 22 heavy (non-hydrogen) atoms. The molecule has 0 bridgehead atoms. The van der Waals surface area contributed by atoms with Crippen LogP contribution in [-0.4, -0.2) is 31.5 Å². The molecule has 1 aromatic carbocycles. The highest BCUT2D eigenvalue weighted by Gasteiger charge is 2.25. The molecule has 2 unspecified atom stereocenters. The Kier molecular flexibility index (Phi) is 5.77. The van der Waals surface area contributed by atoms with Crippen LogP contribution in [0.5, 0.6) is 5.75 Å². The number of carbonyl (C=O) groups is 2. The molecule has 1 fully saturated rings. The Morgan fingerprint density at radius 3 is 2.64 bits per heavy atom. The number of nitrogens with two attached hydrogens (primary N) is 1. The third kappa shape index (κ3) is 4.73. The van der Waals surface area contributed by atoms with Gasteiger partial charge in [-0.15, -0.1) is 0 Å². The van der Waals surface area contributed by atoms with E-state index in [9.17, 15) is 9.59 Å². The minimum absolute atomic E-state index is 0.00655. The zero-order valence-electron chi connectivity index (χ0n) is 12.8. The van der Waals surface area contributed by atoms with Gasteiger partial charge in [0.25, 0.3) is 5.91 Å². The highest BCUT2D eigenvalue weighted by Crippen LogP contribution is 2.25. The van der Waals surface area contributed by atoms with Crippen molar-refractivity contribution in [3.05, 3.63) is 24.3 Å². The van der Waals surface area contributed by atoms with Crippen molar-refractivity contribution < 1.29 is 14.3 Å². The summed E-state index contributed by atoms with van der Waals surface area (Å²) in [5, 5.41) is 5.39. The van der Waals surface area contributed by atoms with Crippen LogP contribution in [0.25, 0.3) is 0 Å². The van der Waals surface area contributed by atoms with Gasteiger partial charge in [0.05, 0.1) is 0 Å². The van der Waals surface area contributed by atoms with Crippen LogP contribution in [0, 0.1) is 5.92 Å². The maximum Gasteiger partial charge on any atom is 0.257 e. The summed E-state index contributed by atoms with van der Waals surface area (Å²) in [5.41, 5.74) is 6.64. The average molecular weight is 305 g/mol. The van der Waals surface area contributed by atoms with Gasteiger partial charge in [0, 0.05) is 24.7 Å². The smallest absolute Gasteiger partial charge is 0.257 e. The van der Waals surface area contributed by atoms with Crippen molar-refractivity contribution in [2.24, 2.45) is 11.7 Å². The van der Waals surface area contributed by atoms with Crippen LogP contribution < -0.4 is 21.1 Å². The number of amides is 2. The third-order valence-electron chi connectivity index (χ3n) is 3.86. The minimum atomic E-state index is -0.189. The first-order valence-corrected chi connectivity index (χ1v) is 7.58. The first-order chi connectivity index (χ1) is 10.6. The highest BCUT2D eigenvalue weighted by atomic mass is 16.5. The Morgan fingerprint density at radius 1 is 1.27 bits per heavy atom. The van der Waals surface area contributed by atoms with Gasteiger partial charge in [-0.1, -0.05) is 6.42 Å². The molecular weight excluding hydrogens is 282 g/mol. The lowest BCUT2D eigenvalue weighted by Crippen LogP contribution is -2.34. The van der Waals surface area contributed by atoms with E-state index in [1.165, 1.54) is 0 Å². The minimum Gasteiger partial charge on any atom is -0.484 e. The average Bonchev–Trinajstić information content (AvgIpc) is 2.53. The molecule has 6 nitrogen and oxygen atoms in total. The number of hydrogen-bond acceptors (Lipinski definition) is 4. The van der Waals surface area contributed by atoms with Crippen LogP contribution in [0.3, 0.4) is 0 Å². The van der Waals surface area contributed by atoms with Gasteiger partial charge >= 0.3 is 0 Å². The van der Waals surface area contributed by atoms with Gasteiger partial charge in [0.2, 0.25) is 5.91 Å². The molecule has 1 aliphatic rings. The largest absolute Gasteiger partial charge is 0.484 e. The first kappa shape index (κ1) is 16.3. The zero-order valence-corrected chi connectivity index (χ0v) is 12.8. The molecule has 1 aliphatic carbocycles. The van der Waals surface area contributed by atoms with Crippen LogP contribution in [-0.2, 0) is 9.59 Å². The molecule has 0 heterocycles. The van der Waals surface area contributed by atoms with Crippen molar-refractivity contribution in [3.8, 4) is 5.75 Å². The van der Waals surface area contributed by atoms with E-state index in [2.05, 4.69) is 10.6 Å². The van der Waals surface area contributed by atoms with Crippen molar-refractivity contribution >= 4 is 17.5 Å². The van der Waals surface area contributed by atoms with Gasteiger partial charge in [-0.3, -0.25) is 9.59 Å². The van der Waals surface area contributed by atoms with E-state index >= 15 is 0 Å². The summed E-state index contributed by atoms with van der Waals surface area (Å²) in [7, 11) is 1.56. The SMILES string of the molecule is CNC(=O)COc1ccc(NC(=O)C2CCCC(N)C2)cc1. The molecule has 2 rings (SSSR count). The van der Waals surface area contributed by atoms with E-state index in [0.29, 0.717) is 5.75 Å². The molecule has 0 aromatic heterocycles. The number of anilines is 1. The predicted octanol–water partition coefficient (Wildman–Crippen LogP) is 1.27. The summed E-state index contributed by atoms with van der Waals surface area (Å²) in [5.74, 6) is 0.411. The van der Waals surface area contributed by atoms with Crippen molar-refractivity contribution in [3.63, 3.8) is 0 Å². The number of rotatable bonds is 5. The molecule has 120 valence electrons. The maximum atomic E-state index is 12.2. The second kappa shape index (κ2) is 7.79. The Morgan fingerprint density at radius 2 is 2.00 bits per heavy atom. The molecule has 0 aliphatic heterocycles. The molecule has 6 heteroatoms. The Labute approximate surface area is 130 Å². The Hall–Kier alpha value is -2.08. The topological polar surface area (TPSA) is 93.5 Å². The van der Waals surface area contributed by atoms with Gasteiger partial charge in [-0.25, -0.2) is 0 Å². The number of nitrogens with one attached hydrogen (secondary N) is 2. The third-order valence-corrected chi connectivity index (χ3v) is 3.86. The molecule has 2 amide bonds. The molecule has 4 N–H and O–H groups in total. The second-order valence-corrected chi connectivity index (χ2v) is 5.60. The van der Waals surface area contributed by atoms with Crippen molar-refractivity contribution in [1.82, 2.24) is 5.32 Å². The molecule has 1 saturated carbocycles. The van der Waals surface area contributed by atoms with E-state index < -0.39 is 0 Å². The van der Waals surface area contributed by atoms with Crippen LogP contribution in [0.4, 0.5) is 5.69 Å². The van der Waals surface area contributed by atoms with Gasteiger partial charge < -0.3 is 21.1 Å². The van der Waals surface area contributed by atoms with E-state index in [1.807, 2.05) is 0 Å². The summed E-state index contributed by atoms with van der Waals surface area (Å²) in [6.45, 7) is -0.0256. The maximum absolute atomic E-state index is 12.2. The molecule has 2 atom stereocenters. The van der Waals surface area contributed by atoms with E-state index in [1.54, 1.807) is 31.3 Å². The van der Waals surface area contributed by atoms with Crippen LogP contribution >= 0.6 is 0 Å². The lowest BCUT2D eigenvalue weighted by molar-refractivity contribution is -0.122. The van der Waals surface area contributed by atoms with Crippen molar-refractivity contribution in [2.45, 2.75) is 31.7 Å². The summed E-state index contributed by atoms with van der Waals surface area (Å²) in [6.07, 6.45) is 3.65. The zero-order chi connectivity index (χ0) is 15.9. The van der Waals surface area contributed by atoms with Crippen LogP contribution in [0.1, 0.15) is 25.7 Å². The van der Waals surface area contributed by atoms with Crippen molar-refractivity contribution in [2.75, 3.05) is 19.0 Å². The second-order valence-electron chi connectivity index (χ2n) is 5.60. The van der Waals surface area contributed by atoms with Gasteiger partial charge in [-0.05, 0) is 43.5 Å². The first-order valence-electron chi connectivity index (χ1n) is 7.58. The number of hydrogen-bond donors (Lipinski definition) is 3. The summed E-state index contributed by atoms with van der Waals surface area (Å²) in [6, 6.07) is 7.11. The van der Waals surface area contributed by atoms with Crippen molar-refractivity contribution in [1.29, 1.82) is 0 Å². The number of ether oxygens (including phenoxy) is 1. The normalized spacial score (nSPS) is 21.0. The highest BCUT2D eigenvalue weighted by molar-refractivity contribution is 5.92. The quantitative estimate of drug-likeness (QED) is 0.763. The summed E-state index contributed by atoms with van der Waals surface area (Å²) < 4.78 is 5.31. The Bertz CT molecular complexity index is 516. The number of benzene rings is 1. The fourth-order valence-corrected chi connectivity index (χ4v) is 2.57. The van der Waals surface area contributed by atoms with Gasteiger partial charge in [0.1, 0.15) is 5.75 Å². The molecule has 1 aromatic rings. The Balaban J connectivity index is 1.85. The lowest BCUT2D eigenvalue weighted by Gasteiger charge is -2.25. The lowest BCUT2D eigenvalue weighted by atomic mass is 9.85. The standard InChI is InChI=1S/C16H23N3O3/c1-18-15(20)10-22-14-7-5-13(6-8-14)19-16(21)11-3-2-4-12(17)9-11/h5-8,11-12H,2-4,9-10,17H2,1H3,(H,18,20)(H,19,21). The molecule has 0 radical (unpaired) electrons. The van der Waals surface area contributed by atoms with E-state index in [-0.39, 0.29) is 30.4 Å². The van der Waals surface area contributed by atoms with Crippen LogP contribution in [0.2, 0.25) is 0 Å². The van der Waals surface area contributed by atoms with Gasteiger partial charge in [-0.2, -0.15) is 0 Å². The van der Waals surface area contributed by atoms with Gasteiger partial charge in [0.15, 0.2) is 6.61 Å². The van der Waals surface area contributed by atoms with Crippen LogP contribution in [0.15, 0.2) is 24.3 Å². The van der Waals surface area contributed by atoms with E-state index in [0.717, 1.165) is 31.4 Å². The summed E-state index contributed by atoms with van der Waals surface area (Å²) in [4.78, 5) is 23.3. The molecule has 0 spiro atoms. The summed E-state index contributed by atoms with van der Waals surface area (Å²) >= 11 is 0. The molecule has 0 saturated heterocycles. The fourth-order valence-electron chi connectivity index (χ4n) is 2.57. The fraction of sp³-hybridized carbons (Fsp3) is 0.500. The number of carbonyl (C=O) groups excluding carboxylic acids is 2. The van der Waals surface area contributed by atoms with E-state index in [4.69, 9.17) is 10.5 Å². The molecular formula is C16H23N3O3.